The number of allylic oxidation sites excluding steroid dienone is 2. The van der Waals surface area contributed by atoms with E-state index in [1.165, 1.54) is 27.8 Å². The van der Waals surface area contributed by atoms with Crippen molar-refractivity contribution in [3.63, 3.8) is 0 Å². The number of benzene rings is 2. The number of ether oxygens (including phenoxy) is 3. The summed E-state index contributed by atoms with van der Waals surface area (Å²) in [6.07, 6.45) is 8.57. The first-order valence-corrected chi connectivity index (χ1v) is 11.0. The highest BCUT2D eigenvalue weighted by Crippen LogP contribution is 2.35. The minimum absolute atomic E-state index is 0.748. The van der Waals surface area contributed by atoms with Crippen molar-refractivity contribution in [1.82, 2.24) is 0 Å². The van der Waals surface area contributed by atoms with Gasteiger partial charge in [0.05, 0.1) is 20.8 Å². The van der Waals surface area contributed by atoms with Crippen LogP contribution in [0.15, 0.2) is 29.8 Å². The Kier molecular flexibility index (Phi) is 7.25. The Morgan fingerprint density at radius 1 is 1.13 bits per heavy atom. The maximum Gasteiger partial charge on any atom is 0.168 e. The molecule has 1 heterocycles. The van der Waals surface area contributed by atoms with Crippen LogP contribution >= 0.6 is 0 Å². The first-order chi connectivity index (χ1) is 14.6. The normalized spacial score (nSPS) is 15.0. The minimum atomic E-state index is 0.748. The quantitative estimate of drug-likeness (QED) is 0.644. The minimum Gasteiger partial charge on any atom is -0.493 e. The van der Waals surface area contributed by atoms with Crippen LogP contribution in [0.5, 0.6) is 17.2 Å². The lowest BCUT2D eigenvalue weighted by molar-refractivity contribution is 0.352. The van der Waals surface area contributed by atoms with E-state index in [0.29, 0.717) is 0 Å². The highest BCUT2D eigenvalue weighted by Gasteiger charge is 2.18. The summed E-state index contributed by atoms with van der Waals surface area (Å²) in [5.41, 5.74) is 6.66. The predicted molar refractivity (Wildman–Crippen MR) is 126 cm³/mol. The molecule has 0 radical (unpaired) electrons. The molecule has 2 aromatic rings. The maximum absolute atomic E-state index is 5.92. The van der Waals surface area contributed by atoms with E-state index in [2.05, 4.69) is 51.1 Å². The lowest BCUT2D eigenvalue weighted by atomic mass is 9.90. The molecule has 0 aromatic heterocycles. The lowest BCUT2D eigenvalue weighted by Gasteiger charge is -2.16. The third kappa shape index (κ3) is 4.26. The van der Waals surface area contributed by atoms with Gasteiger partial charge < -0.3 is 14.2 Å². The van der Waals surface area contributed by atoms with Crippen molar-refractivity contribution in [2.45, 2.75) is 53.4 Å². The standard InChI is InChI=1S/C27H34O3/c1-7-10-19-15-21-13-14-30-26(21)17-24(19)23(18(4)8-2)16-20-11-12-25(28-5)27(29-6)22(20)9-3/h9,11-12,15-17H,7-8,10,13-14H2,1-6H3/b20-16-,22-9+,23-18-. The fourth-order valence-corrected chi connectivity index (χ4v) is 4.17. The summed E-state index contributed by atoms with van der Waals surface area (Å²) in [5.74, 6) is 2.56. The van der Waals surface area contributed by atoms with Gasteiger partial charge in [0.2, 0.25) is 0 Å². The molecule has 0 bridgehead atoms. The van der Waals surface area contributed by atoms with Crippen LogP contribution in [0, 0.1) is 0 Å². The van der Waals surface area contributed by atoms with Crippen LogP contribution in [0.4, 0.5) is 0 Å². The molecule has 0 aliphatic carbocycles. The van der Waals surface area contributed by atoms with Gasteiger partial charge in [-0.25, -0.2) is 0 Å². The van der Waals surface area contributed by atoms with Gasteiger partial charge in [-0.1, -0.05) is 44.1 Å². The van der Waals surface area contributed by atoms with Crippen molar-refractivity contribution in [3.05, 3.63) is 57.0 Å². The van der Waals surface area contributed by atoms with E-state index < -0.39 is 0 Å². The zero-order valence-electron chi connectivity index (χ0n) is 19.2. The Morgan fingerprint density at radius 3 is 2.57 bits per heavy atom. The molecule has 0 unspecified atom stereocenters. The number of rotatable bonds is 7. The summed E-state index contributed by atoms with van der Waals surface area (Å²) < 4.78 is 17.1. The molecule has 0 saturated heterocycles. The van der Waals surface area contributed by atoms with Crippen molar-refractivity contribution < 1.29 is 14.2 Å². The summed E-state index contributed by atoms with van der Waals surface area (Å²) >= 11 is 0. The van der Waals surface area contributed by atoms with Gasteiger partial charge in [0.1, 0.15) is 5.75 Å². The molecule has 0 saturated carbocycles. The Balaban J connectivity index is 2.30. The van der Waals surface area contributed by atoms with Crippen LogP contribution < -0.4 is 24.6 Å². The van der Waals surface area contributed by atoms with Gasteiger partial charge in [-0.3, -0.25) is 0 Å². The molecule has 0 spiro atoms. The Hall–Kier alpha value is -2.68. The van der Waals surface area contributed by atoms with Crippen molar-refractivity contribution in [3.8, 4) is 17.2 Å². The van der Waals surface area contributed by atoms with Gasteiger partial charge in [-0.2, -0.15) is 0 Å². The lowest BCUT2D eigenvalue weighted by Crippen LogP contribution is -2.26. The third-order valence-electron chi connectivity index (χ3n) is 5.92. The van der Waals surface area contributed by atoms with E-state index in [1.807, 2.05) is 13.0 Å². The maximum atomic E-state index is 5.92. The first kappa shape index (κ1) is 22.0. The average Bonchev–Trinajstić information content (AvgIpc) is 3.23. The molecule has 3 rings (SSSR count). The molecule has 2 aromatic carbocycles. The predicted octanol–water partition coefficient (Wildman–Crippen LogP) is 5.06. The monoisotopic (exact) mass is 406 g/mol. The molecule has 0 fully saturated rings. The highest BCUT2D eigenvalue weighted by atomic mass is 16.5. The highest BCUT2D eigenvalue weighted by molar-refractivity contribution is 5.92. The smallest absolute Gasteiger partial charge is 0.168 e. The molecule has 1 aliphatic heterocycles. The number of fused-ring (bicyclic) bond motifs is 1. The van der Waals surface area contributed by atoms with E-state index >= 15 is 0 Å². The molecule has 0 atom stereocenters. The van der Waals surface area contributed by atoms with Gasteiger partial charge in [-0.05, 0) is 72.4 Å². The van der Waals surface area contributed by atoms with Gasteiger partial charge in [0, 0.05) is 11.6 Å². The third-order valence-corrected chi connectivity index (χ3v) is 5.92. The van der Waals surface area contributed by atoms with Crippen LogP contribution in [0.3, 0.4) is 0 Å². The summed E-state index contributed by atoms with van der Waals surface area (Å²) in [6.45, 7) is 9.51. The van der Waals surface area contributed by atoms with E-state index in [9.17, 15) is 0 Å². The van der Waals surface area contributed by atoms with Crippen LogP contribution in [0.25, 0.3) is 17.7 Å². The molecule has 160 valence electrons. The summed E-state index contributed by atoms with van der Waals surface area (Å²) in [4.78, 5) is 0. The Morgan fingerprint density at radius 2 is 1.93 bits per heavy atom. The van der Waals surface area contributed by atoms with Crippen LogP contribution in [0.2, 0.25) is 0 Å². The molecule has 1 aliphatic rings. The Labute approximate surface area is 180 Å². The van der Waals surface area contributed by atoms with Gasteiger partial charge >= 0.3 is 0 Å². The SMILES string of the molecule is C/C=c1/c(OC)c(OC)cc/c1=C/C(=C(\C)CC)c1cc2c(cc1CCC)CCO2. The van der Waals surface area contributed by atoms with Crippen molar-refractivity contribution >= 4 is 17.7 Å². The average molecular weight is 407 g/mol. The van der Waals surface area contributed by atoms with Gasteiger partial charge in [-0.15, -0.1) is 0 Å². The van der Waals surface area contributed by atoms with Crippen molar-refractivity contribution in [2.24, 2.45) is 0 Å². The zero-order valence-corrected chi connectivity index (χ0v) is 19.2. The molecule has 3 nitrogen and oxygen atoms in total. The van der Waals surface area contributed by atoms with Crippen LogP contribution in [0.1, 0.15) is 57.2 Å². The largest absolute Gasteiger partial charge is 0.493 e. The van der Waals surface area contributed by atoms with Gasteiger partial charge in [0.25, 0.3) is 0 Å². The molecule has 30 heavy (non-hydrogen) atoms. The molecular formula is C27H34O3. The summed E-state index contributed by atoms with van der Waals surface area (Å²) in [6, 6.07) is 8.71. The van der Waals surface area contributed by atoms with Crippen molar-refractivity contribution in [2.75, 3.05) is 20.8 Å². The molecular weight excluding hydrogens is 372 g/mol. The number of hydrogen-bond acceptors (Lipinski definition) is 3. The summed E-state index contributed by atoms with van der Waals surface area (Å²) in [5, 5.41) is 2.18. The number of hydrogen-bond donors (Lipinski definition) is 0. The molecule has 0 N–H and O–H groups in total. The Bertz CT molecular complexity index is 1060. The number of methoxy groups -OCH3 is 2. The second-order valence-electron chi connectivity index (χ2n) is 7.75. The van der Waals surface area contributed by atoms with E-state index in [1.54, 1.807) is 14.2 Å². The van der Waals surface area contributed by atoms with Gasteiger partial charge in [0.15, 0.2) is 11.5 Å². The fraction of sp³-hybridized carbons (Fsp3) is 0.407. The van der Waals surface area contributed by atoms with Crippen LogP contribution in [-0.2, 0) is 12.8 Å². The topological polar surface area (TPSA) is 27.7 Å². The van der Waals surface area contributed by atoms with Crippen LogP contribution in [-0.4, -0.2) is 20.8 Å². The van der Waals surface area contributed by atoms with E-state index in [-0.39, 0.29) is 0 Å². The molecule has 3 heteroatoms. The first-order valence-electron chi connectivity index (χ1n) is 11.0. The van der Waals surface area contributed by atoms with E-state index in [4.69, 9.17) is 14.2 Å². The number of aryl methyl sites for hydroxylation is 1. The molecule has 0 amide bonds. The second-order valence-corrected chi connectivity index (χ2v) is 7.75. The summed E-state index contributed by atoms with van der Waals surface area (Å²) in [7, 11) is 3.37. The van der Waals surface area contributed by atoms with Crippen molar-refractivity contribution in [1.29, 1.82) is 0 Å². The zero-order chi connectivity index (χ0) is 21.7. The second kappa shape index (κ2) is 9.88. The van der Waals surface area contributed by atoms with E-state index in [0.717, 1.165) is 60.0 Å². The fourth-order valence-electron chi connectivity index (χ4n) is 4.17.